The molecule has 1 aliphatic rings. The van der Waals surface area contributed by atoms with Crippen molar-refractivity contribution in [1.29, 1.82) is 5.26 Å². The third-order valence-corrected chi connectivity index (χ3v) is 4.63. The Morgan fingerprint density at radius 2 is 2.31 bits per heavy atom. The Balaban J connectivity index is 1.90. The molecule has 1 aliphatic carbocycles. The number of nitriles is 1. The van der Waals surface area contributed by atoms with E-state index in [4.69, 9.17) is 9.68 Å². The van der Waals surface area contributed by atoms with E-state index in [0.717, 1.165) is 29.5 Å². The summed E-state index contributed by atoms with van der Waals surface area (Å²) >= 11 is 6.68. The third-order valence-electron chi connectivity index (χ3n) is 2.92. The van der Waals surface area contributed by atoms with Crippen LogP contribution in [0.1, 0.15) is 25.0 Å². The van der Waals surface area contributed by atoms with Gasteiger partial charge in [0.05, 0.1) is 23.0 Å². The van der Waals surface area contributed by atoms with Crippen molar-refractivity contribution >= 4 is 31.9 Å². The lowest BCUT2D eigenvalue weighted by Gasteiger charge is -2.14. The summed E-state index contributed by atoms with van der Waals surface area (Å²) in [5, 5.41) is 12.3. The summed E-state index contributed by atoms with van der Waals surface area (Å²) in [4.78, 5) is 0. The summed E-state index contributed by atoms with van der Waals surface area (Å²) in [6.45, 7) is 0.674. The summed E-state index contributed by atoms with van der Waals surface area (Å²) in [6.07, 6.45) is 3.24. The Morgan fingerprint density at radius 1 is 1.50 bits per heavy atom. The predicted molar refractivity (Wildman–Crippen MR) is 67.7 cm³/mol. The lowest BCUT2D eigenvalue weighted by molar-refractivity contribution is 0.411. The van der Waals surface area contributed by atoms with Crippen molar-refractivity contribution < 1.29 is 4.42 Å². The normalized spacial score (nSPS) is 24.6. The van der Waals surface area contributed by atoms with E-state index in [1.807, 2.05) is 6.07 Å². The number of hydrogen-bond acceptors (Lipinski definition) is 3. The Hall–Kier alpha value is -0.310. The van der Waals surface area contributed by atoms with Crippen molar-refractivity contribution in [2.24, 2.45) is 5.92 Å². The van der Waals surface area contributed by atoms with Gasteiger partial charge in [-0.05, 0) is 50.8 Å². The molecule has 1 N–H and O–H groups in total. The fourth-order valence-electron chi connectivity index (χ4n) is 2.07. The molecular weight excluding hydrogens is 336 g/mol. The van der Waals surface area contributed by atoms with Crippen molar-refractivity contribution in [3.8, 4) is 6.07 Å². The molecule has 5 heteroatoms. The number of rotatable bonds is 3. The minimum Gasteiger partial charge on any atom is -0.452 e. The average molecular weight is 348 g/mol. The largest absolute Gasteiger partial charge is 0.452 e. The van der Waals surface area contributed by atoms with Crippen molar-refractivity contribution in [2.45, 2.75) is 31.8 Å². The van der Waals surface area contributed by atoms with Gasteiger partial charge in [-0.2, -0.15) is 5.26 Å². The van der Waals surface area contributed by atoms with Gasteiger partial charge in [-0.1, -0.05) is 6.42 Å². The second kappa shape index (κ2) is 5.35. The maximum atomic E-state index is 8.95. The van der Waals surface area contributed by atoms with Crippen LogP contribution in [0.25, 0.3) is 0 Å². The van der Waals surface area contributed by atoms with Crippen LogP contribution >= 0.6 is 31.9 Å². The Bertz CT molecular complexity index is 391. The van der Waals surface area contributed by atoms with E-state index in [2.05, 4.69) is 43.2 Å². The molecule has 86 valence electrons. The molecule has 1 aromatic heterocycles. The number of nitrogens with one attached hydrogen (secondary N) is 1. The molecule has 2 atom stereocenters. The second-order valence-electron chi connectivity index (χ2n) is 3.99. The van der Waals surface area contributed by atoms with Crippen LogP contribution in [-0.2, 0) is 6.54 Å². The van der Waals surface area contributed by atoms with Gasteiger partial charge in [0.15, 0.2) is 4.67 Å². The van der Waals surface area contributed by atoms with Crippen LogP contribution in [0.3, 0.4) is 0 Å². The zero-order chi connectivity index (χ0) is 11.5. The first-order valence-corrected chi connectivity index (χ1v) is 6.86. The highest BCUT2D eigenvalue weighted by Gasteiger charge is 2.26. The lowest BCUT2D eigenvalue weighted by atomic mass is 10.1. The van der Waals surface area contributed by atoms with Gasteiger partial charge in [-0.25, -0.2) is 0 Å². The summed E-state index contributed by atoms with van der Waals surface area (Å²) in [7, 11) is 0. The molecule has 1 saturated carbocycles. The molecule has 1 aromatic rings. The molecule has 0 amide bonds. The Labute approximate surface area is 111 Å². The SMILES string of the molecule is N#CC1CCCC1NCc1cc(Br)c(Br)o1. The molecule has 3 nitrogen and oxygen atoms in total. The van der Waals surface area contributed by atoms with E-state index >= 15 is 0 Å². The number of halogens is 2. The molecular formula is C11H12Br2N2O. The molecule has 0 spiro atoms. The maximum absolute atomic E-state index is 8.95. The number of nitrogens with zero attached hydrogens (tertiary/aromatic N) is 1. The minimum absolute atomic E-state index is 0.154. The quantitative estimate of drug-likeness (QED) is 0.908. The first-order chi connectivity index (χ1) is 7.70. The maximum Gasteiger partial charge on any atom is 0.183 e. The standard InChI is InChI=1S/C11H12Br2N2O/c12-9-4-8(16-11(9)13)6-15-10-3-1-2-7(10)5-14/h4,7,10,15H,1-3,6H2. The molecule has 16 heavy (non-hydrogen) atoms. The van der Waals surface area contributed by atoms with Gasteiger partial charge in [0.25, 0.3) is 0 Å². The molecule has 2 rings (SSSR count). The van der Waals surface area contributed by atoms with Crippen LogP contribution < -0.4 is 5.32 Å². The molecule has 0 radical (unpaired) electrons. The zero-order valence-corrected chi connectivity index (χ0v) is 11.8. The van der Waals surface area contributed by atoms with Gasteiger partial charge in [-0.15, -0.1) is 0 Å². The summed E-state index contributed by atoms with van der Waals surface area (Å²) in [6, 6.07) is 4.61. The van der Waals surface area contributed by atoms with Gasteiger partial charge in [0.1, 0.15) is 5.76 Å². The van der Waals surface area contributed by atoms with E-state index < -0.39 is 0 Å². The topological polar surface area (TPSA) is 49.0 Å². The van der Waals surface area contributed by atoms with Crippen molar-refractivity contribution in [1.82, 2.24) is 5.32 Å². The van der Waals surface area contributed by atoms with E-state index in [0.29, 0.717) is 17.3 Å². The molecule has 0 bridgehead atoms. The van der Waals surface area contributed by atoms with Crippen LogP contribution in [0, 0.1) is 17.2 Å². The average Bonchev–Trinajstić information content (AvgIpc) is 2.83. The molecule has 0 aliphatic heterocycles. The highest BCUT2D eigenvalue weighted by atomic mass is 79.9. The van der Waals surface area contributed by atoms with Gasteiger partial charge in [0, 0.05) is 6.04 Å². The minimum atomic E-state index is 0.154. The van der Waals surface area contributed by atoms with E-state index in [1.54, 1.807) is 0 Å². The fourth-order valence-corrected chi connectivity index (χ4v) is 2.73. The van der Waals surface area contributed by atoms with E-state index in [1.165, 1.54) is 0 Å². The van der Waals surface area contributed by atoms with Crippen LogP contribution in [0.15, 0.2) is 19.6 Å². The highest BCUT2D eigenvalue weighted by molar-refractivity contribution is 9.13. The smallest absolute Gasteiger partial charge is 0.183 e. The monoisotopic (exact) mass is 346 g/mol. The fraction of sp³-hybridized carbons (Fsp3) is 0.545. The summed E-state index contributed by atoms with van der Waals surface area (Å²) < 4.78 is 7.11. The van der Waals surface area contributed by atoms with E-state index in [-0.39, 0.29) is 5.92 Å². The highest BCUT2D eigenvalue weighted by Crippen LogP contribution is 2.28. The molecule has 1 heterocycles. The first-order valence-electron chi connectivity index (χ1n) is 5.27. The van der Waals surface area contributed by atoms with E-state index in [9.17, 15) is 0 Å². The number of hydrogen-bond donors (Lipinski definition) is 1. The molecule has 0 aromatic carbocycles. The molecule has 0 saturated heterocycles. The summed E-state index contributed by atoms with van der Waals surface area (Å²) in [5.74, 6) is 1.03. The van der Waals surface area contributed by atoms with Crippen LogP contribution in [0.5, 0.6) is 0 Å². The van der Waals surface area contributed by atoms with Crippen molar-refractivity contribution in [3.05, 3.63) is 21.0 Å². The Kier molecular flexibility index (Phi) is 4.06. The first kappa shape index (κ1) is 12.2. The van der Waals surface area contributed by atoms with Gasteiger partial charge in [-0.3, -0.25) is 0 Å². The van der Waals surface area contributed by atoms with Crippen molar-refractivity contribution in [2.75, 3.05) is 0 Å². The third kappa shape index (κ3) is 2.68. The van der Waals surface area contributed by atoms with Crippen LogP contribution in [0.4, 0.5) is 0 Å². The van der Waals surface area contributed by atoms with Crippen LogP contribution in [0.2, 0.25) is 0 Å². The predicted octanol–water partition coefficient (Wildman–Crippen LogP) is 3.59. The van der Waals surface area contributed by atoms with Gasteiger partial charge < -0.3 is 9.73 Å². The second-order valence-corrected chi connectivity index (χ2v) is 5.56. The van der Waals surface area contributed by atoms with Crippen molar-refractivity contribution in [3.63, 3.8) is 0 Å². The zero-order valence-electron chi connectivity index (χ0n) is 8.67. The lowest BCUT2D eigenvalue weighted by Crippen LogP contribution is -2.31. The van der Waals surface area contributed by atoms with Crippen LogP contribution in [-0.4, -0.2) is 6.04 Å². The van der Waals surface area contributed by atoms with Gasteiger partial charge in [0.2, 0.25) is 0 Å². The van der Waals surface area contributed by atoms with Gasteiger partial charge >= 0.3 is 0 Å². The molecule has 1 fully saturated rings. The molecule has 2 unspecified atom stereocenters. The summed E-state index contributed by atoms with van der Waals surface area (Å²) in [5.41, 5.74) is 0. The number of furan rings is 1. The Morgan fingerprint density at radius 3 is 2.94 bits per heavy atom.